The van der Waals surface area contributed by atoms with Crippen LogP contribution in [0.15, 0.2) is 84.0 Å². The van der Waals surface area contributed by atoms with Crippen LogP contribution in [0.2, 0.25) is 0 Å². The molecule has 162 valence electrons. The summed E-state index contributed by atoms with van der Waals surface area (Å²) in [4.78, 5) is 21.2. The van der Waals surface area contributed by atoms with Crippen LogP contribution in [-0.2, 0) is 16.6 Å². The maximum atomic E-state index is 12.7. The summed E-state index contributed by atoms with van der Waals surface area (Å²) in [6, 6.07) is 20.1. The number of hydrogen-bond acceptors (Lipinski definition) is 5. The molecule has 8 heteroatoms. The first-order valence-electron chi connectivity index (χ1n) is 9.97. The molecule has 0 saturated heterocycles. The fourth-order valence-corrected chi connectivity index (χ4v) is 4.38. The number of nitrogens with one attached hydrogen (secondary N) is 1. The Bertz CT molecular complexity index is 1360. The molecule has 7 nitrogen and oxygen atoms in total. The molecule has 0 unspecified atom stereocenters. The minimum Gasteiger partial charge on any atom is -0.321 e. The van der Waals surface area contributed by atoms with Gasteiger partial charge in [-0.05, 0) is 30.5 Å². The van der Waals surface area contributed by atoms with Crippen LogP contribution in [0.25, 0.3) is 10.8 Å². The molecule has 32 heavy (non-hydrogen) atoms. The largest absolute Gasteiger partial charge is 0.321 e. The minimum atomic E-state index is -3.67. The van der Waals surface area contributed by atoms with E-state index in [0.29, 0.717) is 11.5 Å². The van der Waals surface area contributed by atoms with Gasteiger partial charge in [-0.1, -0.05) is 54.1 Å². The van der Waals surface area contributed by atoms with Crippen molar-refractivity contribution >= 4 is 32.4 Å². The van der Waals surface area contributed by atoms with Gasteiger partial charge in [0.15, 0.2) is 0 Å². The van der Waals surface area contributed by atoms with Gasteiger partial charge in [0.05, 0.1) is 17.0 Å². The van der Waals surface area contributed by atoms with Crippen molar-refractivity contribution in [2.45, 2.75) is 18.4 Å². The summed E-state index contributed by atoms with van der Waals surface area (Å²) in [5, 5.41) is 4.84. The van der Waals surface area contributed by atoms with E-state index in [9.17, 15) is 13.2 Å². The van der Waals surface area contributed by atoms with Crippen LogP contribution in [-0.4, -0.2) is 35.6 Å². The molecule has 4 rings (SSSR count). The van der Waals surface area contributed by atoms with Crippen molar-refractivity contribution in [1.29, 1.82) is 0 Å². The number of amides is 1. The molecule has 0 radical (unpaired) electrons. The molecule has 1 amide bonds. The second kappa shape index (κ2) is 8.86. The SMILES string of the molecule is Cc1ccc(S(=O)(=O)N(C)Cc2ncc(C(=O)Nc3cccc4ccccc34)cn2)cc1. The highest BCUT2D eigenvalue weighted by Crippen LogP contribution is 2.23. The van der Waals surface area contributed by atoms with E-state index in [1.54, 1.807) is 24.3 Å². The van der Waals surface area contributed by atoms with E-state index < -0.39 is 10.0 Å². The maximum absolute atomic E-state index is 12.7. The molecule has 0 atom stereocenters. The molecule has 0 saturated carbocycles. The number of aromatic nitrogens is 2. The van der Waals surface area contributed by atoms with Gasteiger partial charge < -0.3 is 5.32 Å². The Morgan fingerprint density at radius 1 is 0.938 bits per heavy atom. The van der Waals surface area contributed by atoms with Crippen molar-refractivity contribution < 1.29 is 13.2 Å². The predicted octanol–water partition coefficient (Wildman–Crippen LogP) is 4.01. The summed E-state index contributed by atoms with van der Waals surface area (Å²) in [5.41, 5.74) is 1.96. The predicted molar refractivity (Wildman–Crippen MR) is 124 cm³/mol. The number of nitrogens with zero attached hydrogens (tertiary/aromatic N) is 3. The van der Waals surface area contributed by atoms with Gasteiger partial charge in [-0.15, -0.1) is 0 Å². The molecule has 1 heterocycles. The van der Waals surface area contributed by atoms with E-state index in [1.807, 2.05) is 49.4 Å². The monoisotopic (exact) mass is 446 g/mol. The number of sulfonamides is 1. The summed E-state index contributed by atoms with van der Waals surface area (Å²) in [6.45, 7) is 1.88. The summed E-state index contributed by atoms with van der Waals surface area (Å²) in [6.07, 6.45) is 2.80. The molecule has 0 fully saturated rings. The Morgan fingerprint density at radius 2 is 1.59 bits per heavy atom. The highest BCUT2D eigenvalue weighted by atomic mass is 32.2. The fraction of sp³-hybridized carbons (Fsp3) is 0.125. The Morgan fingerprint density at radius 3 is 2.31 bits per heavy atom. The smallest absolute Gasteiger partial charge is 0.258 e. The maximum Gasteiger partial charge on any atom is 0.258 e. The molecule has 1 N–H and O–H groups in total. The Kier molecular flexibility index (Phi) is 5.98. The molecule has 0 spiro atoms. The molecule has 1 aromatic heterocycles. The van der Waals surface area contributed by atoms with Crippen molar-refractivity contribution in [2.24, 2.45) is 0 Å². The lowest BCUT2D eigenvalue weighted by Crippen LogP contribution is -2.27. The van der Waals surface area contributed by atoms with E-state index in [4.69, 9.17) is 0 Å². The first-order valence-corrected chi connectivity index (χ1v) is 11.4. The van der Waals surface area contributed by atoms with Crippen molar-refractivity contribution in [2.75, 3.05) is 12.4 Å². The number of carbonyl (C=O) groups excluding carboxylic acids is 1. The zero-order valence-electron chi connectivity index (χ0n) is 17.7. The van der Waals surface area contributed by atoms with Crippen LogP contribution in [0, 0.1) is 6.92 Å². The van der Waals surface area contributed by atoms with Gasteiger partial charge in [-0.2, -0.15) is 4.31 Å². The van der Waals surface area contributed by atoms with Crippen LogP contribution < -0.4 is 5.32 Å². The van der Waals surface area contributed by atoms with Crippen LogP contribution in [0.1, 0.15) is 21.7 Å². The van der Waals surface area contributed by atoms with Gasteiger partial charge in [0, 0.05) is 30.5 Å². The molecule has 0 aliphatic carbocycles. The van der Waals surface area contributed by atoms with E-state index in [2.05, 4.69) is 15.3 Å². The third-order valence-electron chi connectivity index (χ3n) is 5.10. The number of rotatable bonds is 6. The van der Waals surface area contributed by atoms with Crippen molar-refractivity contribution in [1.82, 2.24) is 14.3 Å². The molecule has 4 aromatic rings. The van der Waals surface area contributed by atoms with Gasteiger partial charge in [0.25, 0.3) is 5.91 Å². The first-order chi connectivity index (χ1) is 15.3. The Labute approximate surface area is 186 Å². The van der Waals surface area contributed by atoms with Gasteiger partial charge in [0.1, 0.15) is 5.82 Å². The van der Waals surface area contributed by atoms with Crippen LogP contribution in [0.3, 0.4) is 0 Å². The summed E-state index contributed by atoms with van der Waals surface area (Å²) < 4.78 is 26.7. The lowest BCUT2D eigenvalue weighted by Gasteiger charge is -2.16. The third kappa shape index (κ3) is 4.51. The van der Waals surface area contributed by atoms with E-state index in [-0.39, 0.29) is 22.9 Å². The molecule has 0 bridgehead atoms. The highest BCUT2D eigenvalue weighted by Gasteiger charge is 2.21. The molecule has 0 aliphatic rings. The average molecular weight is 447 g/mol. The van der Waals surface area contributed by atoms with Gasteiger partial charge in [-0.3, -0.25) is 4.79 Å². The highest BCUT2D eigenvalue weighted by molar-refractivity contribution is 7.89. The van der Waals surface area contributed by atoms with Crippen molar-refractivity contribution in [3.05, 3.63) is 96.1 Å². The summed E-state index contributed by atoms with van der Waals surface area (Å²) >= 11 is 0. The Balaban J connectivity index is 1.46. The zero-order valence-corrected chi connectivity index (χ0v) is 18.5. The number of fused-ring (bicyclic) bond motifs is 1. The minimum absolute atomic E-state index is 0.0125. The Hall–Kier alpha value is -3.62. The molecular weight excluding hydrogens is 424 g/mol. The van der Waals surface area contributed by atoms with E-state index in [1.165, 1.54) is 23.7 Å². The van der Waals surface area contributed by atoms with Crippen LogP contribution >= 0.6 is 0 Å². The third-order valence-corrected chi connectivity index (χ3v) is 6.92. The van der Waals surface area contributed by atoms with Crippen molar-refractivity contribution in [3.63, 3.8) is 0 Å². The number of anilines is 1. The molecular formula is C24H22N4O3S. The quantitative estimate of drug-likeness (QED) is 0.483. The summed E-state index contributed by atoms with van der Waals surface area (Å²) in [7, 11) is -2.20. The number of hydrogen-bond donors (Lipinski definition) is 1. The van der Waals surface area contributed by atoms with Crippen molar-refractivity contribution in [3.8, 4) is 0 Å². The number of benzene rings is 3. The lowest BCUT2D eigenvalue weighted by atomic mass is 10.1. The van der Waals surface area contributed by atoms with E-state index in [0.717, 1.165) is 16.3 Å². The number of aryl methyl sites for hydroxylation is 1. The second-order valence-electron chi connectivity index (χ2n) is 7.44. The topological polar surface area (TPSA) is 92.3 Å². The summed E-state index contributed by atoms with van der Waals surface area (Å²) in [5.74, 6) is -0.0431. The lowest BCUT2D eigenvalue weighted by molar-refractivity contribution is 0.102. The first kappa shape index (κ1) is 21.6. The fourth-order valence-electron chi connectivity index (χ4n) is 3.26. The number of carbonyl (C=O) groups is 1. The van der Waals surface area contributed by atoms with Crippen LogP contribution in [0.5, 0.6) is 0 Å². The second-order valence-corrected chi connectivity index (χ2v) is 9.49. The average Bonchev–Trinajstić information content (AvgIpc) is 2.80. The van der Waals surface area contributed by atoms with Gasteiger partial charge >= 0.3 is 0 Å². The van der Waals surface area contributed by atoms with Gasteiger partial charge in [0.2, 0.25) is 10.0 Å². The molecule has 0 aliphatic heterocycles. The zero-order chi connectivity index (χ0) is 22.7. The molecule has 3 aromatic carbocycles. The van der Waals surface area contributed by atoms with Crippen LogP contribution in [0.4, 0.5) is 5.69 Å². The van der Waals surface area contributed by atoms with Gasteiger partial charge in [-0.25, -0.2) is 18.4 Å². The standard InChI is InChI=1S/C24H22N4O3S/c1-17-10-12-20(13-11-17)32(30,31)28(2)16-23-25-14-19(15-26-23)24(29)27-22-9-5-7-18-6-3-4-8-21(18)22/h3-15H,16H2,1-2H3,(H,27,29). The van der Waals surface area contributed by atoms with E-state index >= 15 is 0 Å². The normalized spacial score (nSPS) is 11.6.